The maximum absolute atomic E-state index is 6.44. The van der Waals surface area contributed by atoms with Crippen LogP contribution < -0.4 is 5.73 Å². The number of hydrogen-bond donors (Lipinski definition) is 1. The zero-order chi connectivity index (χ0) is 14.7. The lowest BCUT2D eigenvalue weighted by Gasteiger charge is -2.37. The third-order valence-electron chi connectivity index (χ3n) is 4.12. The van der Waals surface area contributed by atoms with Crippen LogP contribution in [0, 0.1) is 0 Å². The van der Waals surface area contributed by atoms with Crippen molar-refractivity contribution in [2.24, 2.45) is 5.73 Å². The summed E-state index contributed by atoms with van der Waals surface area (Å²) >= 11 is 7.81. The van der Waals surface area contributed by atoms with Crippen molar-refractivity contribution in [3.8, 4) is 0 Å². The molecule has 3 atom stereocenters. The fraction of sp³-hybridized carbons (Fsp3) is 0.733. The van der Waals surface area contributed by atoms with Crippen LogP contribution in [0.3, 0.4) is 0 Å². The van der Waals surface area contributed by atoms with Crippen LogP contribution in [0.15, 0.2) is 12.1 Å². The van der Waals surface area contributed by atoms with Gasteiger partial charge < -0.3 is 10.6 Å². The lowest BCUT2D eigenvalue weighted by molar-refractivity contribution is 0.134. The molecule has 2 N–H and O–H groups in total. The molecule has 0 aliphatic carbocycles. The summed E-state index contributed by atoms with van der Waals surface area (Å²) in [6.07, 6.45) is 3.53. The van der Waals surface area contributed by atoms with Gasteiger partial charge in [0.15, 0.2) is 0 Å². The molecule has 0 spiro atoms. The minimum atomic E-state index is 0.174. The highest BCUT2D eigenvalue weighted by Crippen LogP contribution is 2.37. The van der Waals surface area contributed by atoms with Crippen LogP contribution in [-0.2, 0) is 0 Å². The van der Waals surface area contributed by atoms with E-state index >= 15 is 0 Å². The smallest absolute Gasteiger partial charge is 0.0931 e. The Morgan fingerprint density at radius 1 is 1.50 bits per heavy atom. The number of nitrogens with two attached hydrogens (primary N) is 1. The van der Waals surface area contributed by atoms with Crippen molar-refractivity contribution in [3.63, 3.8) is 0 Å². The average Bonchev–Trinajstić information content (AvgIpc) is 2.99. The van der Waals surface area contributed by atoms with Crippen LogP contribution in [0.4, 0.5) is 0 Å². The van der Waals surface area contributed by atoms with E-state index in [2.05, 4.69) is 36.9 Å². The molecule has 20 heavy (non-hydrogen) atoms. The molecule has 2 rings (SSSR count). The van der Waals surface area contributed by atoms with Crippen molar-refractivity contribution in [2.45, 2.75) is 44.3 Å². The maximum atomic E-state index is 6.44. The Labute approximate surface area is 131 Å². The van der Waals surface area contributed by atoms with Gasteiger partial charge in [-0.3, -0.25) is 4.90 Å². The molecule has 1 aliphatic rings. The highest BCUT2D eigenvalue weighted by atomic mass is 35.5. The van der Waals surface area contributed by atoms with E-state index in [4.69, 9.17) is 17.3 Å². The summed E-state index contributed by atoms with van der Waals surface area (Å²) in [6, 6.07) is 5.23. The molecule has 2 heterocycles. The first kappa shape index (κ1) is 16.2. The van der Waals surface area contributed by atoms with Crippen LogP contribution in [-0.4, -0.2) is 49.1 Å². The predicted molar refractivity (Wildman–Crippen MR) is 88.6 cm³/mol. The van der Waals surface area contributed by atoms with Gasteiger partial charge in [-0.15, -0.1) is 11.3 Å². The third-order valence-corrected chi connectivity index (χ3v) is 5.42. The minimum absolute atomic E-state index is 0.174. The van der Waals surface area contributed by atoms with E-state index in [0.717, 1.165) is 23.8 Å². The summed E-state index contributed by atoms with van der Waals surface area (Å²) in [6.45, 7) is 4.42. The molecule has 0 bridgehead atoms. The monoisotopic (exact) mass is 315 g/mol. The second kappa shape index (κ2) is 7.23. The van der Waals surface area contributed by atoms with Gasteiger partial charge in [-0.05, 0) is 52.0 Å². The first-order valence-corrected chi connectivity index (χ1v) is 8.63. The Balaban J connectivity index is 2.21. The zero-order valence-corrected chi connectivity index (χ0v) is 14.3. The van der Waals surface area contributed by atoms with Gasteiger partial charge in [-0.2, -0.15) is 0 Å². The van der Waals surface area contributed by atoms with E-state index in [1.807, 2.05) is 6.07 Å². The minimum Gasteiger partial charge on any atom is -0.326 e. The highest BCUT2D eigenvalue weighted by molar-refractivity contribution is 7.16. The van der Waals surface area contributed by atoms with E-state index in [1.54, 1.807) is 11.3 Å². The molecule has 1 aliphatic heterocycles. The molecule has 1 saturated heterocycles. The lowest BCUT2D eigenvalue weighted by atomic mass is 10.0. The fourth-order valence-electron chi connectivity index (χ4n) is 3.17. The van der Waals surface area contributed by atoms with Crippen LogP contribution in [0.25, 0.3) is 0 Å². The molecular formula is C15H26ClN3S. The maximum Gasteiger partial charge on any atom is 0.0931 e. The molecule has 114 valence electrons. The second-order valence-corrected chi connectivity index (χ2v) is 7.70. The Kier molecular flexibility index (Phi) is 5.87. The van der Waals surface area contributed by atoms with Crippen LogP contribution in [0.2, 0.25) is 4.34 Å². The number of likely N-dealkylation sites (N-methyl/N-ethyl adjacent to an activating group) is 1. The normalized spacial score (nSPS) is 23.4. The van der Waals surface area contributed by atoms with Crippen molar-refractivity contribution >= 4 is 22.9 Å². The van der Waals surface area contributed by atoms with E-state index in [-0.39, 0.29) is 6.04 Å². The second-order valence-electron chi connectivity index (χ2n) is 5.95. The van der Waals surface area contributed by atoms with E-state index in [0.29, 0.717) is 12.1 Å². The number of thiophene rings is 1. The Morgan fingerprint density at radius 2 is 2.25 bits per heavy atom. The zero-order valence-electron chi connectivity index (χ0n) is 12.7. The van der Waals surface area contributed by atoms with Crippen molar-refractivity contribution in [3.05, 3.63) is 21.3 Å². The first-order chi connectivity index (χ1) is 9.52. The Hall–Kier alpha value is -0.130. The van der Waals surface area contributed by atoms with Crippen LogP contribution >= 0.6 is 22.9 Å². The van der Waals surface area contributed by atoms with Gasteiger partial charge in [0.1, 0.15) is 0 Å². The largest absolute Gasteiger partial charge is 0.326 e. The molecule has 0 saturated carbocycles. The summed E-state index contributed by atoms with van der Waals surface area (Å²) < 4.78 is 0.858. The quantitative estimate of drug-likeness (QED) is 0.875. The molecule has 3 nitrogen and oxygen atoms in total. The van der Waals surface area contributed by atoms with Gasteiger partial charge in [0.25, 0.3) is 0 Å². The Morgan fingerprint density at radius 3 is 2.80 bits per heavy atom. The first-order valence-electron chi connectivity index (χ1n) is 7.44. The van der Waals surface area contributed by atoms with Gasteiger partial charge in [-0.1, -0.05) is 18.5 Å². The van der Waals surface area contributed by atoms with Gasteiger partial charge in [0.05, 0.1) is 10.4 Å². The van der Waals surface area contributed by atoms with Gasteiger partial charge in [-0.25, -0.2) is 0 Å². The summed E-state index contributed by atoms with van der Waals surface area (Å²) in [7, 11) is 4.29. The SMILES string of the molecule is CCC(N)C(c1ccc(Cl)s1)N1CCCC1CN(C)C. The molecule has 0 aromatic carbocycles. The van der Waals surface area contributed by atoms with Gasteiger partial charge in [0, 0.05) is 23.5 Å². The number of halogens is 1. The molecule has 5 heteroatoms. The van der Waals surface area contributed by atoms with Crippen molar-refractivity contribution in [1.82, 2.24) is 9.80 Å². The molecular weight excluding hydrogens is 290 g/mol. The molecule has 3 unspecified atom stereocenters. The third kappa shape index (κ3) is 3.74. The van der Waals surface area contributed by atoms with E-state index < -0.39 is 0 Å². The molecule has 0 radical (unpaired) electrons. The van der Waals surface area contributed by atoms with Crippen molar-refractivity contribution in [1.29, 1.82) is 0 Å². The summed E-state index contributed by atoms with van der Waals surface area (Å²) in [5.41, 5.74) is 6.44. The Bertz CT molecular complexity index is 421. The number of hydrogen-bond acceptors (Lipinski definition) is 4. The topological polar surface area (TPSA) is 32.5 Å². The summed E-state index contributed by atoms with van der Waals surface area (Å²) in [5, 5.41) is 0. The number of likely N-dealkylation sites (tertiary alicyclic amines) is 1. The van der Waals surface area contributed by atoms with Gasteiger partial charge >= 0.3 is 0 Å². The molecule has 1 fully saturated rings. The van der Waals surface area contributed by atoms with Crippen LogP contribution in [0.1, 0.15) is 37.1 Å². The van der Waals surface area contributed by atoms with Crippen LogP contribution in [0.5, 0.6) is 0 Å². The number of rotatable bonds is 6. The summed E-state index contributed by atoms with van der Waals surface area (Å²) in [5.74, 6) is 0. The lowest BCUT2D eigenvalue weighted by Crippen LogP contribution is -2.46. The summed E-state index contributed by atoms with van der Waals surface area (Å²) in [4.78, 5) is 6.20. The predicted octanol–water partition coefficient (Wildman–Crippen LogP) is 3.21. The molecule has 1 aromatic rings. The van der Waals surface area contributed by atoms with E-state index in [9.17, 15) is 0 Å². The van der Waals surface area contributed by atoms with Crippen molar-refractivity contribution < 1.29 is 0 Å². The fourth-order valence-corrected chi connectivity index (χ4v) is 4.43. The molecule has 1 aromatic heterocycles. The van der Waals surface area contributed by atoms with Gasteiger partial charge in [0.2, 0.25) is 0 Å². The average molecular weight is 316 g/mol. The van der Waals surface area contributed by atoms with E-state index in [1.165, 1.54) is 17.7 Å². The standard InChI is InChI=1S/C15H26ClN3S/c1-4-12(17)15(13-7-8-14(16)20-13)19-9-5-6-11(19)10-18(2)3/h7-8,11-12,15H,4-6,9-10,17H2,1-3H3. The highest BCUT2D eigenvalue weighted by Gasteiger charge is 2.35. The molecule has 0 amide bonds. The number of nitrogens with zero attached hydrogens (tertiary/aromatic N) is 2. The van der Waals surface area contributed by atoms with Crippen molar-refractivity contribution in [2.75, 3.05) is 27.2 Å².